The molecule has 28 heavy (non-hydrogen) atoms. The standard InChI is InChI=1S/C20H34FNO4SSi/c1-19(2,3)27(25)22-17(13-26-28(7,8)20(4,5)6)15-10-9-14(11-16(15)21)12-18(23)24/h9-11,17,22H,12-13H2,1-8H3,(H,23,24). The molecule has 0 spiro atoms. The average Bonchev–Trinajstić information content (AvgIpc) is 2.49. The van der Waals surface area contributed by atoms with Crippen molar-refractivity contribution in [2.75, 3.05) is 6.61 Å². The molecule has 0 amide bonds. The van der Waals surface area contributed by atoms with Crippen molar-refractivity contribution in [1.29, 1.82) is 0 Å². The summed E-state index contributed by atoms with van der Waals surface area (Å²) in [4.78, 5) is 10.9. The maximum atomic E-state index is 14.8. The molecule has 0 fully saturated rings. The molecular formula is C20H34FNO4SSi. The van der Waals surface area contributed by atoms with Crippen molar-refractivity contribution in [1.82, 2.24) is 4.72 Å². The van der Waals surface area contributed by atoms with Gasteiger partial charge in [0.25, 0.3) is 0 Å². The molecule has 2 N–H and O–H groups in total. The molecule has 5 nitrogen and oxygen atoms in total. The lowest BCUT2D eigenvalue weighted by Crippen LogP contribution is -2.46. The Hall–Kier alpha value is -0.933. The number of nitrogens with one attached hydrogen (secondary N) is 1. The Morgan fingerprint density at radius 2 is 1.86 bits per heavy atom. The fourth-order valence-electron chi connectivity index (χ4n) is 2.14. The fraction of sp³-hybridized carbons (Fsp3) is 0.650. The molecule has 1 aromatic rings. The second-order valence-electron chi connectivity index (χ2n) is 9.55. The Morgan fingerprint density at radius 1 is 1.29 bits per heavy atom. The Morgan fingerprint density at radius 3 is 2.29 bits per heavy atom. The van der Waals surface area contributed by atoms with Crippen LogP contribution in [-0.4, -0.2) is 35.3 Å². The third-order valence-corrected chi connectivity index (χ3v) is 11.1. The number of hydrogen-bond acceptors (Lipinski definition) is 4. The SMILES string of the molecule is CC(C)(C)[S+]([O-])NC(CO[Si](C)(C)C(C)(C)C)c1ccc(CC(=O)O)cc1F. The van der Waals surface area contributed by atoms with Crippen LogP contribution in [0.4, 0.5) is 4.39 Å². The van der Waals surface area contributed by atoms with Crippen LogP contribution in [0.1, 0.15) is 58.7 Å². The fourth-order valence-corrected chi connectivity index (χ4v) is 3.96. The third kappa shape index (κ3) is 7.15. The van der Waals surface area contributed by atoms with Crippen molar-refractivity contribution in [2.45, 2.75) is 76.9 Å². The summed E-state index contributed by atoms with van der Waals surface area (Å²) in [6.45, 7) is 16.3. The predicted molar refractivity (Wildman–Crippen MR) is 115 cm³/mol. The highest BCUT2D eigenvalue weighted by molar-refractivity contribution is 7.90. The van der Waals surface area contributed by atoms with E-state index in [1.54, 1.807) is 12.1 Å². The zero-order chi connectivity index (χ0) is 21.9. The van der Waals surface area contributed by atoms with Crippen molar-refractivity contribution in [3.63, 3.8) is 0 Å². The number of benzene rings is 1. The normalized spacial score (nSPS) is 15.4. The quantitative estimate of drug-likeness (QED) is 0.465. The summed E-state index contributed by atoms with van der Waals surface area (Å²) in [5.74, 6) is -1.54. The number of halogens is 1. The lowest BCUT2D eigenvalue weighted by Gasteiger charge is -2.37. The van der Waals surface area contributed by atoms with Gasteiger partial charge in [-0.15, -0.1) is 4.72 Å². The van der Waals surface area contributed by atoms with Gasteiger partial charge in [-0.25, -0.2) is 4.39 Å². The topological polar surface area (TPSA) is 81.6 Å². The van der Waals surface area contributed by atoms with Crippen molar-refractivity contribution >= 4 is 25.6 Å². The zero-order valence-electron chi connectivity index (χ0n) is 18.2. The van der Waals surface area contributed by atoms with Crippen LogP contribution in [0.15, 0.2) is 18.2 Å². The van der Waals surface area contributed by atoms with E-state index in [0.717, 1.165) is 0 Å². The van der Waals surface area contributed by atoms with Gasteiger partial charge in [-0.2, -0.15) is 0 Å². The number of hydrogen-bond donors (Lipinski definition) is 2. The summed E-state index contributed by atoms with van der Waals surface area (Å²) in [6.07, 6.45) is -0.246. The Bertz CT molecular complexity index is 686. The van der Waals surface area contributed by atoms with E-state index >= 15 is 0 Å². The molecule has 8 heteroatoms. The second-order valence-corrected chi connectivity index (χ2v) is 16.4. The Labute approximate surface area is 172 Å². The highest BCUT2D eigenvalue weighted by Gasteiger charge is 2.39. The summed E-state index contributed by atoms with van der Waals surface area (Å²) >= 11 is -1.42. The van der Waals surface area contributed by atoms with Gasteiger partial charge in [0.2, 0.25) is 0 Å². The van der Waals surface area contributed by atoms with Crippen LogP contribution in [0.25, 0.3) is 0 Å². The van der Waals surface area contributed by atoms with E-state index in [9.17, 15) is 13.7 Å². The monoisotopic (exact) mass is 431 g/mol. The van der Waals surface area contributed by atoms with Crippen LogP contribution in [0.2, 0.25) is 18.1 Å². The molecule has 0 aliphatic carbocycles. The number of aliphatic carboxylic acids is 1. The molecule has 160 valence electrons. The first-order valence-corrected chi connectivity index (χ1v) is 13.4. The molecule has 0 aliphatic rings. The molecular weight excluding hydrogens is 397 g/mol. The Kier molecular flexibility index (Phi) is 8.30. The third-order valence-electron chi connectivity index (χ3n) is 5.02. The molecule has 2 atom stereocenters. The van der Waals surface area contributed by atoms with E-state index < -0.39 is 42.3 Å². The van der Waals surface area contributed by atoms with Gasteiger partial charge < -0.3 is 14.1 Å². The largest absolute Gasteiger partial charge is 0.598 e. The van der Waals surface area contributed by atoms with Gasteiger partial charge in [-0.3, -0.25) is 4.79 Å². The van der Waals surface area contributed by atoms with Crippen molar-refractivity contribution in [3.8, 4) is 0 Å². The number of rotatable bonds is 8. The van der Waals surface area contributed by atoms with Gasteiger partial charge in [-0.1, -0.05) is 32.9 Å². The minimum absolute atomic E-state index is 0.00931. The summed E-state index contributed by atoms with van der Waals surface area (Å²) in [5, 5.41) is 8.90. The zero-order valence-corrected chi connectivity index (χ0v) is 20.0. The van der Waals surface area contributed by atoms with Gasteiger partial charge in [-0.05, 0) is 50.5 Å². The van der Waals surface area contributed by atoms with Gasteiger partial charge in [0.15, 0.2) is 8.32 Å². The van der Waals surface area contributed by atoms with Crippen LogP contribution < -0.4 is 4.72 Å². The molecule has 0 aromatic heterocycles. The van der Waals surface area contributed by atoms with E-state index in [4.69, 9.17) is 9.53 Å². The van der Waals surface area contributed by atoms with Gasteiger partial charge in [0.05, 0.1) is 13.0 Å². The smallest absolute Gasteiger partial charge is 0.307 e. The van der Waals surface area contributed by atoms with Crippen LogP contribution in [0, 0.1) is 5.82 Å². The molecule has 2 unspecified atom stereocenters. The van der Waals surface area contributed by atoms with Crippen LogP contribution in [0.5, 0.6) is 0 Å². The minimum Gasteiger partial charge on any atom is -0.598 e. The molecule has 0 heterocycles. The van der Waals surface area contributed by atoms with E-state index in [1.165, 1.54) is 6.07 Å². The van der Waals surface area contributed by atoms with E-state index in [1.807, 2.05) is 20.8 Å². The van der Waals surface area contributed by atoms with E-state index in [-0.39, 0.29) is 18.1 Å². The number of carboxylic acids is 1. The summed E-state index contributed by atoms with van der Waals surface area (Å²) < 4.78 is 36.2. The molecule has 0 bridgehead atoms. The van der Waals surface area contributed by atoms with Gasteiger partial charge in [0.1, 0.15) is 16.6 Å². The lowest BCUT2D eigenvalue weighted by atomic mass is 10.0. The molecule has 0 saturated heterocycles. The van der Waals surface area contributed by atoms with Crippen molar-refractivity contribution in [2.24, 2.45) is 0 Å². The summed E-state index contributed by atoms with van der Waals surface area (Å²) in [7, 11) is -2.09. The van der Waals surface area contributed by atoms with Gasteiger partial charge in [0, 0.05) is 16.9 Å². The van der Waals surface area contributed by atoms with Crippen molar-refractivity contribution < 1.29 is 23.3 Å². The average molecular weight is 432 g/mol. The highest BCUT2D eigenvalue weighted by Crippen LogP contribution is 2.37. The van der Waals surface area contributed by atoms with Crippen molar-refractivity contribution in [3.05, 3.63) is 35.1 Å². The molecule has 1 aromatic carbocycles. The maximum absolute atomic E-state index is 14.8. The first-order chi connectivity index (χ1) is 12.5. The van der Waals surface area contributed by atoms with Crippen LogP contribution in [0.3, 0.4) is 0 Å². The maximum Gasteiger partial charge on any atom is 0.307 e. The minimum atomic E-state index is -2.09. The summed E-state index contributed by atoms with van der Waals surface area (Å²) in [6, 6.07) is 3.77. The molecule has 0 aliphatic heterocycles. The van der Waals surface area contributed by atoms with Crippen LogP contribution in [-0.2, 0) is 27.0 Å². The lowest BCUT2D eigenvalue weighted by molar-refractivity contribution is -0.136. The first kappa shape index (κ1) is 25.1. The Balaban J connectivity index is 3.15. The van der Waals surface area contributed by atoms with E-state index in [0.29, 0.717) is 11.1 Å². The van der Waals surface area contributed by atoms with Gasteiger partial charge >= 0.3 is 5.97 Å². The number of carbonyl (C=O) groups is 1. The van der Waals surface area contributed by atoms with E-state index in [2.05, 4.69) is 38.6 Å². The molecule has 0 saturated carbocycles. The summed E-state index contributed by atoms with van der Waals surface area (Å²) in [5.41, 5.74) is 0.709. The first-order valence-electron chi connectivity index (χ1n) is 9.37. The molecule has 0 radical (unpaired) electrons. The second kappa shape index (κ2) is 9.26. The van der Waals surface area contributed by atoms with Crippen LogP contribution >= 0.6 is 0 Å². The number of carboxylic acid groups (broad SMARTS) is 1. The molecule has 1 rings (SSSR count). The predicted octanol–water partition coefficient (Wildman–Crippen LogP) is 4.57. The highest BCUT2D eigenvalue weighted by atomic mass is 32.2.